The number of hydrogen-bond donors (Lipinski definition) is 1. The molecule has 0 aliphatic rings. The molecule has 0 spiro atoms. The minimum absolute atomic E-state index is 0.481. The Morgan fingerprint density at radius 1 is 1.07 bits per heavy atom. The molecule has 2 aromatic heterocycles. The molecule has 0 aliphatic heterocycles. The fourth-order valence-corrected chi connectivity index (χ4v) is 3.33. The summed E-state index contributed by atoms with van der Waals surface area (Å²) < 4.78 is 14.3. The number of para-hydroxylation sites is 1. The van der Waals surface area contributed by atoms with E-state index in [1.807, 2.05) is 62.4 Å². The summed E-state index contributed by atoms with van der Waals surface area (Å²) in [5.74, 6) is 3.73. The molecule has 8 heteroatoms. The first-order chi connectivity index (χ1) is 14.1. The van der Waals surface area contributed by atoms with Crippen LogP contribution in [0, 0.1) is 13.8 Å². The van der Waals surface area contributed by atoms with Gasteiger partial charge in [-0.2, -0.15) is 14.6 Å². The van der Waals surface area contributed by atoms with Crippen LogP contribution in [0.4, 0.5) is 5.82 Å². The summed E-state index contributed by atoms with van der Waals surface area (Å²) in [5.41, 5.74) is 1.96. The van der Waals surface area contributed by atoms with Gasteiger partial charge < -0.3 is 14.8 Å². The van der Waals surface area contributed by atoms with Gasteiger partial charge in [-0.15, -0.1) is 0 Å². The number of rotatable bonds is 7. The Morgan fingerprint density at radius 3 is 2.69 bits per heavy atom. The third-order valence-electron chi connectivity index (χ3n) is 4.44. The van der Waals surface area contributed by atoms with Crippen molar-refractivity contribution in [3.63, 3.8) is 0 Å². The zero-order valence-electron chi connectivity index (χ0n) is 16.1. The van der Waals surface area contributed by atoms with Gasteiger partial charge in [0.05, 0.1) is 11.0 Å². The van der Waals surface area contributed by atoms with Gasteiger partial charge in [-0.1, -0.05) is 18.2 Å². The van der Waals surface area contributed by atoms with Gasteiger partial charge in [-0.3, -0.25) is 0 Å². The topological polar surface area (TPSA) is 73.6 Å². The molecule has 0 bridgehead atoms. The molecule has 148 valence electrons. The molecule has 0 aliphatic carbocycles. The molecule has 0 amide bonds. The Kier molecular flexibility index (Phi) is 5.62. The van der Waals surface area contributed by atoms with Gasteiger partial charge in [0.2, 0.25) is 0 Å². The first-order valence-corrected chi connectivity index (χ1v) is 9.97. The minimum Gasteiger partial charge on any atom is -0.491 e. The lowest BCUT2D eigenvalue weighted by molar-refractivity contribution is 0.330. The summed E-state index contributed by atoms with van der Waals surface area (Å²) in [6.45, 7) is 5.05. The molecule has 2 heterocycles. The SMILES string of the molecule is Cc1nc2ncnn2c(NCCOc2ccc(Oc3ccccc3)cc2Br)c1C. The van der Waals surface area contributed by atoms with Crippen molar-refractivity contribution in [3.05, 3.63) is 70.6 Å². The standard InChI is InChI=1S/C21H20BrN5O2/c1-14-15(2)26-21-24-13-25-27(21)20(14)23-10-11-28-19-9-8-17(12-18(19)22)29-16-6-4-3-5-7-16/h3-9,12-13,23H,10-11H2,1-2H3. The number of ether oxygens (including phenoxy) is 2. The van der Waals surface area contributed by atoms with Crippen LogP contribution < -0.4 is 14.8 Å². The maximum absolute atomic E-state index is 5.90. The van der Waals surface area contributed by atoms with Crippen molar-refractivity contribution in [1.29, 1.82) is 0 Å². The number of nitrogens with one attached hydrogen (secondary N) is 1. The molecule has 0 saturated carbocycles. The van der Waals surface area contributed by atoms with Crippen LogP contribution in [0.2, 0.25) is 0 Å². The predicted octanol–water partition coefficient (Wildman–Crippen LogP) is 4.79. The van der Waals surface area contributed by atoms with Gasteiger partial charge in [-0.25, -0.2) is 4.98 Å². The molecule has 2 aromatic carbocycles. The lowest BCUT2D eigenvalue weighted by atomic mass is 10.2. The minimum atomic E-state index is 0.481. The first-order valence-electron chi connectivity index (χ1n) is 9.18. The normalized spacial score (nSPS) is 10.9. The van der Waals surface area contributed by atoms with E-state index in [9.17, 15) is 0 Å². The molecule has 1 N–H and O–H groups in total. The van der Waals surface area contributed by atoms with Crippen LogP contribution in [-0.2, 0) is 0 Å². The van der Waals surface area contributed by atoms with E-state index in [0.29, 0.717) is 18.9 Å². The quantitative estimate of drug-likeness (QED) is 0.405. The molecule has 7 nitrogen and oxygen atoms in total. The molecular weight excluding hydrogens is 434 g/mol. The lowest BCUT2D eigenvalue weighted by Crippen LogP contribution is -2.16. The van der Waals surface area contributed by atoms with Crippen molar-refractivity contribution in [2.24, 2.45) is 0 Å². The average Bonchev–Trinajstić information content (AvgIpc) is 3.18. The van der Waals surface area contributed by atoms with Gasteiger partial charge >= 0.3 is 0 Å². The van der Waals surface area contributed by atoms with Crippen LogP contribution in [0.3, 0.4) is 0 Å². The molecule has 0 radical (unpaired) electrons. The number of fused-ring (bicyclic) bond motifs is 1. The lowest BCUT2D eigenvalue weighted by Gasteiger charge is -2.14. The van der Waals surface area contributed by atoms with E-state index in [2.05, 4.69) is 36.3 Å². The summed E-state index contributed by atoms with van der Waals surface area (Å²) in [6.07, 6.45) is 1.50. The van der Waals surface area contributed by atoms with E-state index in [1.165, 1.54) is 6.33 Å². The second-order valence-corrected chi connectivity index (χ2v) is 7.28. The average molecular weight is 454 g/mol. The summed E-state index contributed by atoms with van der Waals surface area (Å²) >= 11 is 3.55. The maximum Gasteiger partial charge on any atom is 0.254 e. The number of anilines is 1. The Labute approximate surface area is 176 Å². The van der Waals surface area contributed by atoms with Crippen molar-refractivity contribution in [2.45, 2.75) is 13.8 Å². The number of benzene rings is 2. The molecule has 4 aromatic rings. The highest BCUT2D eigenvalue weighted by Gasteiger charge is 2.11. The van der Waals surface area contributed by atoms with Gasteiger partial charge in [0.25, 0.3) is 5.78 Å². The second-order valence-electron chi connectivity index (χ2n) is 6.43. The van der Waals surface area contributed by atoms with E-state index in [1.54, 1.807) is 4.52 Å². The largest absolute Gasteiger partial charge is 0.491 e. The molecule has 4 rings (SSSR count). The maximum atomic E-state index is 5.90. The smallest absolute Gasteiger partial charge is 0.254 e. The zero-order valence-corrected chi connectivity index (χ0v) is 17.7. The van der Waals surface area contributed by atoms with Crippen molar-refractivity contribution in [3.8, 4) is 17.2 Å². The molecule has 0 atom stereocenters. The fourth-order valence-electron chi connectivity index (χ4n) is 2.86. The summed E-state index contributed by atoms with van der Waals surface area (Å²) in [6, 6.07) is 15.3. The van der Waals surface area contributed by atoms with Gasteiger partial charge in [0.1, 0.15) is 36.0 Å². The van der Waals surface area contributed by atoms with Crippen molar-refractivity contribution >= 4 is 27.5 Å². The van der Waals surface area contributed by atoms with E-state index in [-0.39, 0.29) is 0 Å². The Balaban J connectivity index is 1.37. The van der Waals surface area contributed by atoms with Gasteiger partial charge in [0.15, 0.2) is 0 Å². The van der Waals surface area contributed by atoms with Crippen LogP contribution in [0.25, 0.3) is 5.78 Å². The summed E-state index contributed by atoms with van der Waals surface area (Å²) in [7, 11) is 0. The number of aromatic nitrogens is 4. The van der Waals surface area contributed by atoms with Crippen LogP contribution in [0.1, 0.15) is 11.3 Å². The highest BCUT2D eigenvalue weighted by atomic mass is 79.9. The van der Waals surface area contributed by atoms with Crippen LogP contribution >= 0.6 is 15.9 Å². The van der Waals surface area contributed by atoms with E-state index in [0.717, 1.165) is 38.8 Å². The molecule has 0 unspecified atom stereocenters. The predicted molar refractivity (Wildman–Crippen MR) is 115 cm³/mol. The third-order valence-corrected chi connectivity index (χ3v) is 5.06. The van der Waals surface area contributed by atoms with Crippen LogP contribution in [0.15, 0.2) is 59.3 Å². The van der Waals surface area contributed by atoms with Crippen LogP contribution in [-0.4, -0.2) is 32.7 Å². The van der Waals surface area contributed by atoms with Gasteiger partial charge in [-0.05, 0) is 60.1 Å². The van der Waals surface area contributed by atoms with Crippen molar-refractivity contribution in [2.75, 3.05) is 18.5 Å². The number of halogens is 1. The van der Waals surface area contributed by atoms with Crippen LogP contribution in [0.5, 0.6) is 17.2 Å². The summed E-state index contributed by atoms with van der Waals surface area (Å²) in [5, 5.41) is 7.61. The Hall–Kier alpha value is -3.13. The molecular formula is C21H20BrN5O2. The van der Waals surface area contributed by atoms with Gasteiger partial charge in [0, 0.05) is 11.3 Å². The van der Waals surface area contributed by atoms with Crippen molar-refractivity contribution < 1.29 is 9.47 Å². The van der Waals surface area contributed by atoms with Crippen molar-refractivity contribution in [1.82, 2.24) is 19.6 Å². The summed E-state index contributed by atoms with van der Waals surface area (Å²) in [4.78, 5) is 8.58. The number of nitrogens with zero attached hydrogens (tertiary/aromatic N) is 4. The monoisotopic (exact) mass is 453 g/mol. The second kappa shape index (κ2) is 8.48. The molecule has 0 saturated heterocycles. The first kappa shape index (κ1) is 19.2. The third kappa shape index (κ3) is 4.32. The van der Waals surface area contributed by atoms with E-state index >= 15 is 0 Å². The highest BCUT2D eigenvalue weighted by molar-refractivity contribution is 9.10. The molecule has 29 heavy (non-hydrogen) atoms. The highest BCUT2D eigenvalue weighted by Crippen LogP contribution is 2.31. The Bertz CT molecular complexity index is 1130. The number of hydrogen-bond acceptors (Lipinski definition) is 6. The molecule has 0 fully saturated rings. The number of aryl methyl sites for hydroxylation is 1. The van der Waals surface area contributed by atoms with E-state index in [4.69, 9.17) is 9.47 Å². The van der Waals surface area contributed by atoms with E-state index < -0.39 is 0 Å². The Morgan fingerprint density at radius 2 is 1.90 bits per heavy atom. The fraction of sp³-hybridized carbons (Fsp3) is 0.190. The zero-order chi connectivity index (χ0) is 20.2.